The highest BCUT2D eigenvalue weighted by atomic mass is 16.5. The Morgan fingerprint density at radius 2 is 1.85 bits per heavy atom. The highest BCUT2D eigenvalue weighted by molar-refractivity contribution is 6.04. The van der Waals surface area contributed by atoms with Crippen molar-refractivity contribution in [1.82, 2.24) is 0 Å². The van der Waals surface area contributed by atoms with Crippen LogP contribution in [0.5, 0.6) is 5.75 Å². The summed E-state index contributed by atoms with van der Waals surface area (Å²) >= 11 is 0. The molecule has 2 rings (SSSR count). The van der Waals surface area contributed by atoms with Gasteiger partial charge in [0.05, 0.1) is 12.7 Å². The second kappa shape index (κ2) is 11.7. The standard InChI is InChI=1S/C23H28N2O2/c1-2-3-4-5-6-17-27-22-14-12-20(13-15-22)23(26)25-21-11-7-9-19(18-21)10-8-16-24/h7,9,11-15,18H,2-6,8,10,17H2,1H3,(H,25,26). The molecule has 142 valence electrons. The van der Waals surface area contributed by atoms with Crippen LogP contribution in [0.3, 0.4) is 0 Å². The molecule has 2 aromatic rings. The predicted molar refractivity (Wildman–Crippen MR) is 109 cm³/mol. The van der Waals surface area contributed by atoms with Crippen LogP contribution < -0.4 is 10.1 Å². The van der Waals surface area contributed by atoms with Crippen LogP contribution in [-0.2, 0) is 6.42 Å². The van der Waals surface area contributed by atoms with E-state index in [1.165, 1.54) is 25.7 Å². The van der Waals surface area contributed by atoms with E-state index < -0.39 is 0 Å². The second-order valence-electron chi connectivity index (χ2n) is 6.60. The van der Waals surface area contributed by atoms with E-state index in [2.05, 4.69) is 18.3 Å². The smallest absolute Gasteiger partial charge is 0.255 e. The van der Waals surface area contributed by atoms with Gasteiger partial charge in [0.25, 0.3) is 5.91 Å². The van der Waals surface area contributed by atoms with Gasteiger partial charge in [-0.15, -0.1) is 0 Å². The Morgan fingerprint density at radius 1 is 1.07 bits per heavy atom. The monoisotopic (exact) mass is 364 g/mol. The van der Waals surface area contributed by atoms with E-state index in [1.807, 2.05) is 36.4 Å². The van der Waals surface area contributed by atoms with Crippen molar-refractivity contribution >= 4 is 11.6 Å². The van der Waals surface area contributed by atoms with Crippen molar-refractivity contribution in [2.45, 2.75) is 51.9 Å². The number of benzene rings is 2. The third-order valence-corrected chi connectivity index (χ3v) is 4.34. The topological polar surface area (TPSA) is 62.1 Å². The zero-order chi connectivity index (χ0) is 19.3. The van der Waals surface area contributed by atoms with E-state index >= 15 is 0 Å². The van der Waals surface area contributed by atoms with Crippen molar-refractivity contribution in [2.75, 3.05) is 11.9 Å². The summed E-state index contributed by atoms with van der Waals surface area (Å²) in [4.78, 5) is 12.4. The van der Waals surface area contributed by atoms with Crippen molar-refractivity contribution in [3.63, 3.8) is 0 Å². The van der Waals surface area contributed by atoms with Crippen LogP contribution in [0.4, 0.5) is 5.69 Å². The van der Waals surface area contributed by atoms with E-state index in [-0.39, 0.29) is 5.91 Å². The molecule has 1 N–H and O–H groups in total. The van der Waals surface area contributed by atoms with Gasteiger partial charge in [0.1, 0.15) is 5.75 Å². The number of nitrogens with one attached hydrogen (secondary N) is 1. The molecule has 2 aromatic carbocycles. The van der Waals surface area contributed by atoms with Crippen molar-refractivity contribution in [2.24, 2.45) is 0 Å². The Hall–Kier alpha value is -2.80. The molecule has 0 fully saturated rings. The molecule has 0 aromatic heterocycles. The number of amides is 1. The van der Waals surface area contributed by atoms with Gasteiger partial charge in [0, 0.05) is 17.7 Å². The lowest BCUT2D eigenvalue weighted by Gasteiger charge is -2.09. The molecule has 0 saturated carbocycles. The number of nitriles is 1. The molecule has 27 heavy (non-hydrogen) atoms. The highest BCUT2D eigenvalue weighted by Crippen LogP contribution is 2.16. The first-order valence-corrected chi connectivity index (χ1v) is 9.73. The summed E-state index contributed by atoms with van der Waals surface area (Å²) in [6.07, 6.45) is 7.20. The molecule has 0 saturated heterocycles. The molecule has 4 nitrogen and oxygen atoms in total. The minimum absolute atomic E-state index is 0.154. The molecule has 0 aliphatic carbocycles. The average Bonchev–Trinajstić information content (AvgIpc) is 2.70. The molecule has 1 amide bonds. The Kier molecular flexibility index (Phi) is 8.92. The maximum atomic E-state index is 12.4. The Labute approximate surface area is 162 Å². The first-order valence-electron chi connectivity index (χ1n) is 9.73. The number of anilines is 1. The largest absolute Gasteiger partial charge is 0.494 e. The van der Waals surface area contributed by atoms with Gasteiger partial charge >= 0.3 is 0 Å². The van der Waals surface area contributed by atoms with Gasteiger partial charge in [-0.25, -0.2) is 0 Å². The zero-order valence-electron chi connectivity index (χ0n) is 16.0. The van der Waals surface area contributed by atoms with Gasteiger partial charge in [-0.1, -0.05) is 44.7 Å². The summed E-state index contributed by atoms with van der Waals surface area (Å²) in [6.45, 7) is 2.92. The lowest BCUT2D eigenvalue weighted by Crippen LogP contribution is -2.12. The summed E-state index contributed by atoms with van der Waals surface area (Å²) in [6, 6.07) is 17.0. The molecule has 0 aliphatic heterocycles. The number of nitrogens with zero attached hydrogens (tertiary/aromatic N) is 1. The van der Waals surface area contributed by atoms with Gasteiger partial charge in [-0.2, -0.15) is 5.26 Å². The number of carbonyl (C=O) groups is 1. The van der Waals surface area contributed by atoms with Crippen LogP contribution in [0.15, 0.2) is 48.5 Å². The predicted octanol–water partition coefficient (Wildman–Crippen LogP) is 5.74. The van der Waals surface area contributed by atoms with E-state index in [1.54, 1.807) is 12.1 Å². The zero-order valence-corrected chi connectivity index (χ0v) is 16.0. The van der Waals surface area contributed by atoms with Crippen molar-refractivity contribution in [3.8, 4) is 11.8 Å². The van der Waals surface area contributed by atoms with Crippen molar-refractivity contribution in [3.05, 3.63) is 59.7 Å². The van der Waals surface area contributed by atoms with E-state index in [4.69, 9.17) is 10.00 Å². The third-order valence-electron chi connectivity index (χ3n) is 4.34. The van der Waals surface area contributed by atoms with Gasteiger partial charge in [-0.05, 0) is 54.8 Å². The highest BCUT2D eigenvalue weighted by Gasteiger charge is 2.07. The number of aryl methyl sites for hydroxylation is 1. The summed E-state index contributed by atoms with van der Waals surface area (Å²) in [5, 5.41) is 11.6. The molecule has 0 unspecified atom stereocenters. The molecule has 0 heterocycles. The minimum Gasteiger partial charge on any atom is -0.494 e. The van der Waals surface area contributed by atoms with Crippen molar-refractivity contribution in [1.29, 1.82) is 5.26 Å². The number of hydrogen-bond donors (Lipinski definition) is 1. The summed E-state index contributed by atoms with van der Waals surface area (Å²) in [7, 11) is 0. The fraction of sp³-hybridized carbons (Fsp3) is 0.391. The number of ether oxygens (including phenoxy) is 1. The number of rotatable bonds is 11. The Balaban J connectivity index is 1.82. The van der Waals surface area contributed by atoms with Crippen LogP contribution in [0, 0.1) is 11.3 Å². The number of hydrogen-bond acceptors (Lipinski definition) is 3. The molecular formula is C23H28N2O2. The van der Waals surface area contributed by atoms with Crippen LogP contribution in [-0.4, -0.2) is 12.5 Å². The average molecular weight is 364 g/mol. The SMILES string of the molecule is CCCCCCCOc1ccc(C(=O)Nc2cccc(CCC#N)c2)cc1. The second-order valence-corrected chi connectivity index (χ2v) is 6.60. The first kappa shape index (κ1) is 20.5. The van der Waals surface area contributed by atoms with Crippen LogP contribution in [0.2, 0.25) is 0 Å². The van der Waals surface area contributed by atoms with Gasteiger partial charge < -0.3 is 10.1 Å². The van der Waals surface area contributed by atoms with Gasteiger partial charge in [0.15, 0.2) is 0 Å². The normalized spacial score (nSPS) is 10.2. The Bertz CT molecular complexity index is 748. The molecule has 0 bridgehead atoms. The van der Waals surface area contributed by atoms with Gasteiger partial charge in [0.2, 0.25) is 0 Å². The lowest BCUT2D eigenvalue weighted by atomic mass is 10.1. The third kappa shape index (κ3) is 7.53. The van der Waals surface area contributed by atoms with Crippen LogP contribution in [0.1, 0.15) is 61.4 Å². The number of carbonyl (C=O) groups excluding carboxylic acids is 1. The Morgan fingerprint density at radius 3 is 2.59 bits per heavy atom. The number of unbranched alkanes of at least 4 members (excludes halogenated alkanes) is 4. The molecule has 4 heteroatoms. The molecule has 0 atom stereocenters. The molecule has 0 radical (unpaired) electrons. The first-order chi connectivity index (χ1) is 13.2. The molecule has 0 aliphatic rings. The van der Waals surface area contributed by atoms with E-state index in [9.17, 15) is 4.79 Å². The summed E-state index contributed by atoms with van der Waals surface area (Å²) < 4.78 is 5.73. The van der Waals surface area contributed by atoms with E-state index in [0.717, 1.165) is 23.4 Å². The summed E-state index contributed by atoms with van der Waals surface area (Å²) in [5.41, 5.74) is 2.37. The fourth-order valence-electron chi connectivity index (χ4n) is 2.81. The summed E-state index contributed by atoms with van der Waals surface area (Å²) in [5.74, 6) is 0.638. The van der Waals surface area contributed by atoms with Crippen LogP contribution >= 0.6 is 0 Å². The molecular weight excluding hydrogens is 336 g/mol. The van der Waals surface area contributed by atoms with Crippen molar-refractivity contribution < 1.29 is 9.53 Å². The molecule has 0 spiro atoms. The fourth-order valence-corrected chi connectivity index (χ4v) is 2.81. The lowest BCUT2D eigenvalue weighted by molar-refractivity contribution is 0.102. The van der Waals surface area contributed by atoms with Crippen LogP contribution in [0.25, 0.3) is 0 Å². The quantitative estimate of drug-likeness (QED) is 0.517. The maximum absolute atomic E-state index is 12.4. The minimum atomic E-state index is -0.154. The van der Waals surface area contributed by atoms with Gasteiger partial charge in [-0.3, -0.25) is 4.79 Å². The van der Waals surface area contributed by atoms with E-state index in [0.29, 0.717) is 25.0 Å². The maximum Gasteiger partial charge on any atom is 0.255 e.